The van der Waals surface area contributed by atoms with E-state index >= 15 is 0 Å². The Morgan fingerprint density at radius 3 is 2.72 bits per heavy atom. The van der Waals surface area contributed by atoms with Crippen LogP contribution in [0.25, 0.3) is 0 Å². The van der Waals surface area contributed by atoms with Crippen LogP contribution >= 0.6 is 11.8 Å². The maximum atomic E-state index is 5.71. The molecule has 1 aliphatic rings. The summed E-state index contributed by atoms with van der Waals surface area (Å²) in [6.07, 6.45) is 2.62. The molecule has 1 unspecified atom stereocenters. The quantitative estimate of drug-likeness (QED) is 0.827. The van der Waals surface area contributed by atoms with E-state index in [0.717, 1.165) is 32.5 Å². The summed E-state index contributed by atoms with van der Waals surface area (Å²) in [5.41, 5.74) is 1.41. The number of hydrogen-bond acceptors (Lipinski definition) is 3. The molecule has 2 rings (SSSR count). The van der Waals surface area contributed by atoms with Crippen LogP contribution in [0.15, 0.2) is 29.2 Å². The maximum Gasteiger partial charge on any atom is 0.0703 e. The van der Waals surface area contributed by atoms with Gasteiger partial charge in [-0.05, 0) is 30.5 Å². The number of thioether (sulfide) groups is 1. The first kappa shape index (κ1) is 13.9. The van der Waals surface area contributed by atoms with Gasteiger partial charge in [0.05, 0.1) is 12.7 Å². The second-order valence-corrected chi connectivity index (χ2v) is 6.70. The van der Waals surface area contributed by atoms with E-state index in [0.29, 0.717) is 11.4 Å². The smallest absolute Gasteiger partial charge is 0.0703 e. The van der Waals surface area contributed by atoms with Crippen LogP contribution in [0, 0.1) is 0 Å². The molecule has 0 spiro atoms. The zero-order chi connectivity index (χ0) is 12.8. The highest BCUT2D eigenvalue weighted by Gasteiger charge is 2.12. The van der Waals surface area contributed by atoms with E-state index < -0.39 is 0 Å². The number of morpholine rings is 1. The minimum Gasteiger partial charge on any atom is -0.376 e. The third kappa shape index (κ3) is 4.63. The van der Waals surface area contributed by atoms with E-state index in [1.54, 1.807) is 0 Å². The van der Waals surface area contributed by atoms with Crippen LogP contribution in [0.1, 0.15) is 25.8 Å². The largest absolute Gasteiger partial charge is 0.376 e. The van der Waals surface area contributed by atoms with Gasteiger partial charge in [0.15, 0.2) is 0 Å². The molecule has 2 nitrogen and oxygen atoms in total. The first-order valence-electron chi connectivity index (χ1n) is 6.82. The normalized spacial score (nSPS) is 20.3. The highest BCUT2D eigenvalue weighted by molar-refractivity contribution is 7.99. The number of ether oxygens (including phenoxy) is 1. The molecule has 18 heavy (non-hydrogen) atoms. The Kier molecular flexibility index (Phi) is 5.54. The van der Waals surface area contributed by atoms with Gasteiger partial charge >= 0.3 is 0 Å². The minimum atomic E-state index is 0.392. The molecule has 1 aromatic carbocycles. The molecule has 0 radical (unpaired) electrons. The lowest BCUT2D eigenvalue weighted by Crippen LogP contribution is -2.38. The van der Waals surface area contributed by atoms with Gasteiger partial charge in [-0.25, -0.2) is 0 Å². The lowest BCUT2D eigenvalue weighted by molar-refractivity contribution is 0.0238. The van der Waals surface area contributed by atoms with Gasteiger partial charge in [0, 0.05) is 23.2 Å². The first-order chi connectivity index (χ1) is 8.74. The summed E-state index contributed by atoms with van der Waals surface area (Å²) >= 11 is 1.92. The predicted molar refractivity (Wildman–Crippen MR) is 78.4 cm³/mol. The molecule has 0 amide bonds. The third-order valence-electron chi connectivity index (χ3n) is 3.05. The van der Waals surface area contributed by atoms with E-state index in [9.17, 15) is 0 Å². The van der Waals surface area contributed by atoms with E-state index in [1.165, 1.54) is 10.5 Å². The van der Waals surface area contributed by atoms with Crippen molar-refractivity contribution in [3.63, 3.8) is 0 Å². The standard InChI is InChI=1S/C15H23NOS/c1-12(2)18-15-7-4-13(5-8-15)3-6-14-11-16-9-10-17-14/h4-5,7-8,12,14,16H,3,6,9-11H2,1-2H3. The average Bonchev–Trinajstić information content (AvgIpc) is 2.38. The Labute approximate surface area is 114 Å². The molecular formula is C15H23NOS. The Morgan fingerprint density at radius 1 is 1.33 bits per heavy atom. The summed E-state index contributed by atoms with van der Waals surface area (Å²) in [7, 11) is 0. The highest BCUT2D eigenvalue weighted by Crippen LogP contribution is 2.23. The van der Waals surface area contributed by atoms with Crippen LogP contribution in [0.4, 0.5) is 0 Å². The summed E-state index contributed by atoms with van der Waals surface area (Å²) in [4.78, 5) is 1.37. The molecule has 1 atom stereocenters. The van der Waals surface area contributed by atoms with Gasteiger partial charge in [0.2, 0.25) is 0 Å². The van der Waals surface area contributed by atoms with Crippen molar-refractivity contribution in [2.24, 2.45) is 0 Å². The van der Waals surface area contributed by atoms with Gasteiger partial charge in [-0.15, -0.1) is 11.8 Å². The molecule has 1 aliphatic heterocycles. The lowest BCUT2D eigenvalue weighted by Gasteiger charge is -2.23. The monoisotopic (exact) mass is 265 g/mol. The average molecular weight is 265 g/mol. The van der Waals surface area contributed by atoms with Crippen LogP contribution in [0.2, 0.25) is 0 Å². The summed E-state index contributed by atoms with van der Waals surface area (Å²) in [5, 5.41) is 4.02. The van der Waals surface area contributed by atoms with E-state index in [-0.39, 0.29) is 0 Å². The Bertz CT molecular complexity index is 344. The second-order valence-electron chi connectivity index (χ2n) is 5.05. The zero-order valence-corrected chi connectivity index (χ0v) is 12.1. The number of rotatable bonds is 5. The fourth-order valence-corrected chi connectivity index (χ4v) is 2.98. The van der Waals surface area contributed by atoms with Crippen molar-refractivity contribution >= 4 is 11.8 Å². The number of benzene rings is 1. The molecule has 1 heterocycles. The number of aryl methyl sites for hydroxylation is 1. The predicted octanol–water partition coefficient (Wildman–Crippen LogP) is 3.11. The lowest BCUT2D eigenvalue weighted by atomic mass is 10.1. The molecule has 1 fully saturated rings. The van der Waals surface area contributed by atoms with Crippen molar-refractivity contribution in [2.75, 3.05) is 19.7 Å². The van der Waals surface area contributed by atoms with Crippen LogP contribution in [0.5, 0.6) is 0 Å². The highest BCUT2D eigenvalue weighted by atomic mass is 32.2. The van der Waals surface area contributed by atoms with Crippen molar-refractivity contribution in [3.05, 3.63) is 29.8 Å². The van der Waals surface area contributed by atoms with Gasteiger partial charge < -0.3 is 10.1 Å². The van der Waals surface area contributed by atoms with Gasteiger partial charge in [0.25, 0.3) is 0 Å². The van der Waals surface area contributed by atoms with Crippen LogP contribution in [0.3, 0.4) is 0 Å². The molecule has 100 valence electrons. The third-order valence-corrected chi connectivity index (χ3v) is 4.07. The summed E-state index contributed by atoms with van der Waals surface area (Å²) in [6.45, 7) is 7.31. The zero-order valence-electron chi connectivity index (χ0n) is 11.3. The molecule has 0 bridgehead atoms. The minimum absolute atomic E-state index is 0.392. The fraction of sp³-hybridized carbons (Fsp3) is 0.600. The van der Waals surface area contributed by atoms with Gasteiger partial charge in [-0.2, -0.15) is 0 Å². The molecule has 1 saturated heterocycles. The van der Waals surface area contributed by atoms with Gasteiger partial charge in [0.1, 0.15) is 0 Å². The van der Waals surface area contributed by atoms with E-state index in [4.69, 9.17) is 4.74 Å². The summed E-state index contributed by atoms with van der Waals surface area (Å²) in [6, 6.07) is 8.97. The maximum absolute atomic E-state index is 5.71. The van der Waals surface area contributed by atoms with Crippen molar-refractivity contribution in [1.82, 2.24) is 5.32 Å². The SMILES string of the molecule is CC(C)Sc1ccc(CCC2CNCCO2)cc1. The Morgan fingerprint density at radius 2 is 2.11 bits per heavy atom. The summed E-state index contributed by atoms with van der Waals surface area (Å²) < 4.78 is 5.71. The number of hydrogen-bond donors (Lipinski definition) is 1. The van der Waals surface area contributed by atoms with Crippen molar-refractivity contribution in [3.8, 4) is 0 Å². The van der Waals surface area contributed by atoms with Crippen molar-refractivity contribution in [1.29, 1.82) is 0 Å². The van der Waals surface area contributed by atoms with Gasteiger partial charge in [-0.3, -0.25) is 0 Å². The molecule has 3 heteroatoms. The molecule has 0 aromatic heterocycles. The molecule has 1 N–H and O–H groups in total. The van der Waals surface area contributed by atoms with Crippen LogP contribution in [-0.2, 0) is 11.2 Å². The second kappa shape index (κ2) is 7.17. The molecule has 0 saturated carbocycles. The number of nitrogens with one attached hydrogen (secondary N) is 1. The fourth-order valence-electron chi connectivity index (χ4n) is 2.14. The Hall–Kier alpha value is -0.510. The van der Waals surface area contributed by atoms with E-state index in [2.05, 4.69) is 43.4 Å². The van der Waals surface area contributed by atoms with Crippen LogP contribution < -0.4 is 5.32 Å². The first-order valence-corrected chi connectivity index (χ1v) is 7.70. The van der Waals surface area contributed by atoms with E-state index in [1.807, 2.05) is 11.8 Å². The summed E-state index contributed by atoms with van der Waals surface area (Å²) in [5.74, 6) is 0. The topological polar surface area (TPSA) is 21.3 Å². The van der Waals surface area contributed by atoms with Crippen LogP contribution in [-0.4, -0.2) is 31.1 Å². The Balaban J connectivity index is 1.78. The van der Waals surface area contributed by atoms with Crippen molar-refractivity contribution in [2.45, 2.75) is 42.9 Å². The molecule has 1 aromatic rings. The molecular weight excluding hydrogens is 242 g/mol. The van der Waals surface area contributed by atoms with Crippen molar-refractivity contribution < 1.29 is 4.74 Å². The molecule has 0 aliphatic carbocycles. The van der Waals surface area contributed by atoms with Gasteiger partial charge in [-0.1, -0.05) is 26.0 Å².